The Kier molecular flexibility index (Phi) is 5.89. The van der Waals surface area contributed by atoms with Crippen LogP contribution in [-0.2, 0) is 6.18 Å². The van der Waals surface area contributed by atoms with E-state index in [9.17, 15) is 22.8 Å². The van der Waals surface area contributed by atoms with Crippen molar-refractivity contribution in [3.8, 4) is 11.5 Å². The molecule has 0 atom stereocenters. The maximum Gasteiger partial charge on any atom is 0.417 e. The highest BCUT2D eigenvalue weighted by atomic mass is 35.5. The van der Waals surface area contributed by atoms with Gasteiger partial charge in [-0.25, -0.2) is 9.59 Å². The second-order valence-corrected chi connectivity index (χ2v) is 6.18. The van der Waals surface area contributed by atoms with Crippen molar-refractivity contribution in [1.82, 2.24) is 0 Å². The molecule has 0 amide bonds. The molecule has 0 aliphatic heterocycles. The summed E-state index contributed by atoms with van der Waals surface area (Å²) in [5.41, 5.74) is -1.60. The normalized spacial score (nSPS) is 11.0. The maximum absolute atomic E-state index is 13.1. The number of benzene rings is 3. The van der Waals surface area contributed by atoms with Crippen molar-refractivity contribution >= 4 is 23.5 Å². The van der Waals surface area contributed by atoms with E-state index in [1.54, 1.807) is 12.1 Å². The van der Waals surface area contributed by atoms with Crippen molar-refractivity contribution in [2.24, 2.45) is 0 Å². The summed E-state index contributed by atoms with van der Waals surface area (Å²) in [5, 5.41) is 0.198. The Bertz CT molecular complexity index is 1060. The summed E-state index contributed by atoms with van der Waals surface area (Å²) in [4.78, 5) is 24.4. The number of hydrogen-bond acceptors (Lipinski definition) is 4. The van der Waals surface area contributed by atoms with Crippen LogP contribution in [-0.4, -0.2) is 11.9 Å². The number of ether oxygens (including phenoxy) is 2. The fourth-order valence-electron chi connectivity index (χ4n) is 2.46. The summed E-state index contributed by atoms with van der Waals surface area (Å²) in [6, 6.07) is 16.0. The summed E-state index contributed by atoms with van der Waals surface area (Å²) in [7, 11) is 0. The first-order valence-electron chi connectivity index (χ1n) is 8.21. The van der Waals surface area contributed by atoms with Crippen LogP contribution in [0.15, 0.2) is 72.8 Å². The number of esters is 2. The van der Waals surface area contributed by atoms with Crippen LogP contribution in [0.2, 0.25) is 5.02 Å². The number of hydrogen-bond donors (Lipinski definition) is 0. The first-order chi connectivity index (χ1) is 13.8. The van der Waals surface area contributed by atoms with E-state index in [2.05, 4.69) is 0 Å². The third-order valence-electron chi connectivity index (χ3n) is 3.77. The van der Waals surface area contributed by atoms with Gasteiger partial charge in [0.05, 0.1) is 21.7 Å². The lowest BCUT2D eigenvalue weighted by Crippen LogP contribution is -2.17. The molecule has 0 aliphatic rings. The second kappa shape index (κ2) is 8.36. The zero-order valence-corrected chi connectivity index (χ0v) is 15.3. The predicted octanol–water partition coefficient (Wildman–Crippen LogP) is 5.80. The van der Waals surface area contributed by atoms with Crippen LogP contribution in [0.5, 0.6) is 11.5 Å². The summed E-state index contributed by atoms with van der Waals surface area (Å²) in [5.74, 6) is -1.98. The van der Waals surface area contributed by atoms with E-state index in [1.165, 1.54) is 48.5 Å². The summed E-state index contributed by atoms with van der Waals surface area (Å²) >= 11 is 5.94. The van der Waals surface area contributed by atoms with E-state index in [0.29, 0.717) is 0 Å². The highest BCUT2D eigenvalue weighted by Crippen LogP contribution is 2.32. The molecule has 0 fully saturated rings. The molecule has 4 nitrogen and oxygen atoms in total. The molecule has 0 heterocycles. The van der Waals surface area contributed by atoms with Crippen LogP contribution in [0.3, 0.4) is 0 Å². The Labute approximate surface area is 168 Å². The summed E-state index contributed by atoms with van der Waals surface area (Å²) in [6.07, 6.45) is -4.71. The van der Waals surface area contributed by atoms with E-state index < -0.39 is 29.2 Å². The largest absolute Gasteiger partial charge is 0.423 e. The number of halogens is 4. The number of rotatable bonds is 4. The molecule has 0 aliphatic carbocycles. The molecule has 29 heavy (non-hydrogen) atoms. The van der Waals surface area contributed by atoms with Gasteiger partial charge in [-0.3, -0.25) is 0 Å². The predicted molar refractivity (Wildman–Crippen MR) is 99.3 cm³/mol. The molecule has 3 rings (SSSR count). The van der Waals surface area contributed by atoms with Crippen molar-refractivity contribution in [3.05, 3.63) is 94.5 Å². The molecule has 3 aromatic carbocycles. The van der Waals surface area contributed by atoms with Crippen LogP contribution in [0, 0.1) is 0 Å². The average molecular weight is 421 g/mol. The monoisotopic (exact) mass is 420 g/mol. The maximum atomic E-state index is 13.1. The Balaban J connectivity index is 1.78. The minimum atomic E-state index is -4.71. The fraction of sp³-hybridized carbons (Fsp3) is 0.0476. The molecule has 0 unspecified atom stereocenters. The Morgan fingerprint density at radius 3 is 1.83 bits per heavy atom. The third kappa shape index (κ3) is 4.94. The Morgan fingerprint density at radius 1 is 0.724 bits per heavy atom. The van der Waals surface area contributed by atoms with Gasteiger partial charge >= 0.3 is 18.1 Å². The van der Waals surface area contributed by atoms with Crippen molar-refractivity contribution in [2.75, 3.05) is 0 Å². The molecular formula is C21H12ClF3O4. The molecule has 0 radical (unpaired) electrons. The van der Waals surface area contributed by atoms with Crippen LogP contribution < -0.4 is 9.47 Å². The van der Waals surface area contributed by atoms with Crippen LogP contribution in [0.1, 0.15) is 26.3 Å². The van der Waals surface area contributed by atoms with Gasteiger partial charge < -0.3 is 9.47 Å². The number of alkyl halides is 3. The van der Waals surface area contributed by atoms with Crippen molar-refractivity contribution in [1.29, 1.82) is 0 Å². The molecule has 0 bridgehead atoms. The third-order valence-corrected chi connectivity index (χ3v) is 4.10. The van der Waals surface area contributed by atoms with Crippen LogP contribution >= 0.6 is 11.6 Å². The van der Waals surface area contributed by atoms with Gasteiger partial charge in [0, 0.05) is 6.07 Å². The minimum absolute atomic E-state index is 0.0318. The second-order valence-electron chi connectivity index (χ2n) is 5.78. The van der Waals surface area contributed by atoms with Gasteiger partial charge in [0.15, 0.2) is 0 Å². The van der Waals surface area contributed by atoms with Crippen LogP contribution in [0.4, 0.5) is 13.2 Å². The van der Waals surface area contributed by atoms with E-state index in [4.69, 9.17) is 21.1 Å². The minimum Gasteiger partial charge on any atom is -0.423 e. The molecule has 0 saturated heterocycles. The molecule has 8 heteroatoms. The quantitative estimate of drug-likeness (QED) is 0.395. The zero-order chi connectivity index (χ0) is 21.0. The molecule has 0 saturated carbocycles. The van der Waals surface area contributed by atoms with Gasteiger partial charge in [-0.15, -0.1) is 0 Å². The smallest absolute Gasteiger partial charge is 0.417 e. The Hall–Kier alpha value is -3.32. The molecule has 0 aromatic heterocycles. The van der Waals surface area contributed by atoms with Crippen molar-refractivity contribution < 1.29 is 32.2 Å². The molecule has 148 valence electrons. The highest BCUT2D eigenvalue weighted by molar-refractivity contribution is 6.33. The van der Waals surface area contributed by atoms with Crippen molar-refractivity contribution in [3.63, 3.8) is 0 Å². The fourth-order valence-corrected chi connectivity index (χ4v) is 2.67. The van der Waals surface area contributed by atoms with Gasteiger partial charge in [-0.05, 0) is 36.4 Å². The summed E-state index contributed by atoms with van der Waals surface area (Å²) in [6.45, 7) is 0. The topological polar surface area (TPSA) is 52.6 Å². The molecular weight excluding hydrogens is 409 g/mol. The van der Waals surface area contributed by atoms with Gasteiger partial charge in [0.2, 0.25) is 0 Å². The zero-order valence-electron chi connectivity index (χ0n) is 14.6. The van der Waals surface area contributed by atoms with Crippen LogP contribution in [0.25, 0.3) is 0 Å². The summed E-state index contributed by atoms with van der Waals surface area (Å²) < 4.78 is 49.4. The Morgan fingerprint density at radius 2 is 1.24 bits per heavy atom. The van der Waals surface area contributed by atoms with E-state index >= 15 is 0 Å². The van der Waals surface area contributed by atoms with Gasteiger partial charge in [0.1, 0.15) is 11.5 Å². The van der Waals surface area contributed by atoms with E-state index in [0.717, 1.165) is 12.1 Å². The van der Waals surface area contributed by atoms with Gasteiger partial charge in [-0.1, -0.05) is 41.9 Å². The average Bonchev–Trinajstić information content (AvgIpc) is 2.68. The molecule has 3 aromatic rings. The first kappa shape index (κ1) is 20.4. The van der Waals surface area contributed by atoms with Gasteiger partial charge in [0.25, 0.3) is 0 Å². The highest BCUT2D eigenvalue weighted by Gasteiger charge is 2.35. The van der Waals surface area contributed by atoms with Crippen molar-refractivity contribution in [2.45, 2.75) is 6.18 Å². The lowest BCUT2D eigenvalue weighted by Gasteiger charge is -2.12. The SMILES string of the molecule is O=C(Oc1cccc(OC(=O)c2ccccc2C(F)(F)F)c1)c1ccccc1Cl. The molecule has 0 spiro atoms. The number of carbonyl (C=O) groups excluding carboxylic acids is 2. The first-order valence-corrected chi connectivity index (χ1v) is 8.58. The van der Waals surface area contributed by atoms with E-state index in [1.807, 2.05) is 0 Å². The number of carbonyl (C=O) groups is 2. The standard InChI is InChI=1S/C21H12ClF3O4/c22-18-11-4-2-9-16(18)20(27)29-14-7-5-6-13(12-14)28-19(26)15-8-1-3-10-17(15)21(23,24)25/h1-12H. The van der Waals surface area contributed by atoms with E-state index in [-0.39, 0.29) is 22.1 Å². The lowest BCUT2D eigenvalue weighted by molar-refractivity contribution is -0.138. The van der Waals surface area contributed by atoms with Gasteiger partial charge in [-0.2, -0.15) is 13.2 Å². The molecule has 0 N–H and O–H groups in total. The lowest BCUT2D eigenvalue weighted by atomic mass is 10.1.